The number of benzene rings is 1. The molecule has 0 aliphatic carbocycles. The van der Waals surface area contributed by atoms with Gasteiger partial charge in [0.25, 0.3) is 5.91 Å². The fourth-order valence-electron chi connectivity index (χ4n) is 4.55. The highest BCUT2D eigenvalue weighted by molar-refractivity contribution is 5.99. The Morgan fingerprint density at radius 2 is 1.88 bits per heavy atom. The van der Waals surface area contributed by atoms with E-state index in [2.05, 4.69) is 15.3 Å². The van der Waals surface area contributed by atoms with Crippen LogP contribution in [0.5, 0.6) is 0 Å². The highest BCUT2D eigenvalue weighted by Crippen LogP contribution is 2.28. The predicted molar refractivity (Wildman–Crippen MR) is 124 cm³/mol. The molecule has 5 rings (SSSR count). The van der Waals surface area contributed by atoms with Crippen LogP contribution in [0.4, 0.5) is 0 Å². The summed E-state index contributed by atoms with van der Waals surface area (Å²) in [5.41, 5.74) is 2.92. The number of amides is 2. The highest BCUT2D eigenvalue weighted by atomic mass is 16.5. The molecule has 172 valence electrons. The molecule has 3 atom stereocenters. The number of fused-ring (bicyclic) bond motifs is 1. The van der Waals surface area contributed by atoms with Gasteiger partial charge in [0.15, 0.2) is 5.78 Å². The Morgan fingerprint density at radius 1 is 1.09 bits per heavy atom. The number of likely N-dealkylation sites (tertiary alicyclic amines) is 1. The highest BCUT2D eigenvalue weighted by Gasteiger charge is 2.48. The van der Waals surface area contributed by atoms with Gasteiger partial charge in [0.1, 0.15) is 18.7 Å². The fraction of sp³-hybridized carbons (Fsp3) is 0.269. The van der Waals surface area contributed by atoms with Crippen molar-refractivity contribution in [1.82, 2.24) is 20.2 Å². The second kappa shape index (κ2) is 9.52. The van der Waals surface area contributed by atoms with Crippen LogP contribution in [0, 0.1) is 0 Å². The Bertz CT molecular complexity index is 1180. The number of carbonyl (C=O) groups is 3. The van der Waals surface area contributed by atoms with Gasteiger partial charge in [-0.15, -0.1) is 0 Å². The van der Waals surface area contributed by atoms with Gasteiger partial charge in [0.2, 0.25) is 5.91 Å². The quantitative estimate of drug-likeness (QED) is 0.609. The van der Waals surface area contributed by atoms with E-state index in [0.717, 1.165) is 16.8 Å². The lowest BCUT2D eigenvalue weighted by molar-refractivity contribution is -0.138. The number of nitrogens with zero attached hydrogens (tertiary/aromatic N) is 3. The van der Waals surface area contributed by atoms with Crippen molar-refractivity contribution in [3.05, 3.63) is 84.3 Å². The Kier molecular flexibility index (Phi) is 6.14. The normalized spacial score (nSPS) is 20.1. The van der Waals surface area contributed by atoms with Gasteiger partial charge in [-0.1, -0.05) is 30.3 Å². The molecular formula is C26H24N4O4. The first-order valence-electron chi connectivity index (χ1n) is 11.3. The molecule has 2 aliphatic rings. The van der Waals surface area contributed by atoms with E-state index in [9.17, 15) is 14.4 Å². The van der Waals surface area contributed by atoms with Crippen LogP contribution < -0.4 is 5.32 Å². The first kappa shape index (κ1) is 21.9. The monoisotopic (exact) mass is 456 g/mol. The number of carbonyl (C=O) groups excluding carboxylic acids is 3. The summed E-state index contributed by atoms with van der Waals surface area (Å²) in [6.07, 6.45) is 5.43. The van der Waals surface area contributed by atoms with Gasteiger partial charge in [0.05, 0.1) is 17.4 Å². The van der Waals surface area contributed by atoms with Crippen molar-refractivity contribution < 1.29 is 19.1 Å². The van der Waals surface area contributed by atoms with Crippen molar-refractivity contribution in [2.75, 3.05) is 13.2 Å². The molecule has 0 saturated carbocycles. The number of Topliss-reactive ketones (excluding diaryl/α,β-unsaturated/α-hetero) is 1. The predicted octanol–water partition coefficient (Wildman–Crippen LogP) is 2.05. The van der Waals surface area contributed by atoms with Crippen LogP contribution in [0.1, 0.15) is 22.3 Å². The molecule has 34 heavy (non-hydrogen) atoms. The number of aromatic nitrogens is 2. The van der Waals surface area contributed by atoms with Crippen molar-refractivity contribution in [1.29, 1.82) is 0 Å². The van der Waals surface area contributed by atoms with Crippen molar-refractivity contribution in [2.24, 2.45) is 0 Å². The number of hydrogen-bond acceptors (Lipinski definition) is 6. The van der Waals surface area contributed by atoms with Crippen LogP contribution in [0.2, 0.25) is 0 Å². The molecule has 1 aromatic carbocycles. The third-order valence-electron chi connectivity index (χ3n) is 6.28. The van der Waals surface area contributed by atoms with Crippen molar-refractivity contribution in [3.63, 3.8) is 0 Å². The molecule has 0 radical (unpaired) electrons. The fourth-order valence-corrected chi connectivity index (χ4v) is 4.55. The molecule has 2 saturated heterocycles. The average molecular weight is 457 g/mol. The molecule has 8 heteroatoms. The second-order valence-corrected chi connectivity index (χ2v) is 8.46. The van der Waals surface area contributed by atoms with E-state index >= 15 is 0 Å². The largest absolute Gasteiger partial charge is 0.368 e. The molecule has 2 aliphatic heterocycles. The minimum Gasteiger partial charge on any atom is -0.368 e. The molecule has 2 fully saturated rings. The lowest BCUT2D eigenvalue weighted by atomic mass is 10.0. The molecule has 3 unspecified atom stereocenters. The molecular weight excluding hydrogens is 432 g/mol. The maximum Gasteiger partial charge on any atom is 0.253 e. The third kappa shape index (κ3) is 4.45. The molecule has 3 aromatic rings. The van der Waals surface area contributed by atoms with E-state index in [1.807, 2.05) is 30.3 Å². The van der Waals surface area contributed by atoms with Crippen molar-refractivity contribution in [2.45, 2.75) is 31.0 Å². The van der Waals surface area contributed by atoms with Gasteiger partial charge in [-0.2, -0.15) is 0 Å². The molecule has 2 amide bonds. The maximum atomic E-state index is 13.5. The number of rotatable bonds is 6. The summed E-state index contributed by atoms with van der Waals surface area (Å²) in [6, 6.07) is 15.4. The first-order valence-corrected chi connectivity index (χ1v) is 11.3. The lowest BCUT2D eigenvalue weighted by Crippen LogP contribution is -2.53. The van der Waals surface area contributed by atoms with Gasteiger partial charge in [0, 0.05) is 37.1 Å². The summed E-state index contributed by atoms with van der Waals surface area (Å²) in [5.74, 6) is -0.778. The average Bonchev–Trinajstić information content (AvgIpc) is 3.47. The maximum absolute atomic E-state index is 13.5. The van der Waals surface area contributed by atoms with E-state index in [1.54, 1.807) is 41.6 Å². The third-order valence-corrected chi connectivity index (χ3v) is 6.28. The first-order chi connectivity index (χ1) is 16.6. The number of hydrogen-bond donors (Lipinski definition) is 1. The Hall–Kier alpha value is -3.91. The number of ketones is 1. The van der Waals surface area contributed by atoms with Gasteiger partial charge < -0.3 is 15.0 Å². The number of pyridine rings is 2. The zero-order valence-corrected chi connectivity index (χ0v) is 18.5. The van der Waals surface area contributed by atoms with Crippen LogP contribution >= 0.6 is 0 Å². The SMILES string of the molecule is O=C(NC(Cc1ccncc1)C(=O)N1CCC2OCC(=O)C21)c1ccc(-c2ccccc2)nc1. The van der Waals surface area contributed by atoms with Crippen LogP contribution in [0.25, 0.3) is 11.3 Å². The summed E-state index contributed by atoms with van der Waals surface area (Å²) in [6.45, 7) is 0.454. The Labute approximate surface area is 197 Å². The summed E-state index contributed by atoms with van der Waals surface area (Å²) in [4.78, 5) is 48.9. The topological polar surface area (TPSA) is 101 Å². The molecule has 2 aromatic heterocycles. The zero-order chi connectivity index (χ0) is 23.5. The van der Waals surface area contributed by atoms with Crippen molar-refractivity contribution >= 4 is 17.6 Å². The Morgan fingerprint density at radius 3 is 2.62 bits per heavy atom. The standard InChI is InChI=1S/C26H24N4O4/c31-22-16-34-23-10-13-30(24(22)23)26(33)21(14-17-8-11-27-12-9-17)29-25(32)19-6-7-20(28-15-19)18-4-2-1-3-5-18/h1-9,11-12,15,21,23-24H,10,13-14,16H2,(H,29,32). The summed E-state index contributed by atoms with van der Waals surface area (Å²) < 4.78 is 5.52. The van der Waals surface area contributed by atoms with Gasteiger partial charge >= 0.3 is 0 Å². The molecule has 0 bridgehead atoms. The van der Waals surface area contributed by atoms with Crippen LogP contribution in [-0.4, -0.2) is 63.8 Å². The molecule has 4 heterocycles. The van der Waals surface area contributed by atoms with E-state index in [-0.39, 0.29) is 30.8 Å². The van der Waals surface area contributed by atoms with E-state index in [0.29, 0.717) is 18.5 Å². The number of nitrogens with one attached hydrogen (secondary N) is 1. The van der Waals surface area contributed by atoms with E-state index < -0.39 is 18.0 Å². The van der Waals surface area contributed by atoms with Crippen molar-refractivity contribution in [3.8, 4) is 11.3 Å². The molecule has 1 N–H and O–H groups in total. The van der Waals surface area contributed by atoms with E-state index in [4.69, 9.17) is 4.74 Å². The van der Waals surface area contributed by atoms with E-state index in [1.165, 1.54) is 6.20 Å². The summed E-state index contributed by atoms with van der Waals surface area (Å²) >= 11 is 0. The molecule has 0 spiro atoms. The van der Waals surface area contributed by atoms with Gasteiger partial charge in [-0.3, -0.25) is 24.4 Å². The summed E-state index contributed by atoms with van der Waals surface area (Å²) in [7, 11) is 0. The van der Waals surface area contributed by atoms with Crippen LogP contribution in [0.15, 0.2) is 73.2 Å². The van der Waals surface area contributed by atoms with Gasteiger partial charge in [-0.05, 0) is 36.2 Å². The van der Waals surface area contributed by atoms with Gasteiger partial charge in [-0.25, -0.2) is 0 Å². The van der Waals surface area contributed by atoms with Crippen LogP contribution in [-0.2, 0) is 20.7 Å². The smallest absolute Gasteiger partial charge is 0.253 e. The summed E-state index contributed by atoms with van der Waals surface area (Å²) in [5, 5.41) is 2.87. The zero-order valence-electron chi connectivity index (χ0n) is 18.5. The number of ether oxygens (including phenoxy) is 1. The minimum absolute atomic E-state index is 0.0277. The Balaban J connectivity index is 1.35. The minimum atomic E-state index is -0.837. The van der Waals surface area contributed by atoms with Crippen LogP contribution in [0.3, 0.4) is 0 Å². The second-order valence-electron chi connectivity index (χ2n) is 8.46. The molecule has 8 nitrogen and oxygen atoms in total. The lowest BCUT2D eigenvalue weighted by Gasteiger charge is -2.27.